The van der Waals surface area contributed by atoms with Crippen LogP contribution in [0.4, 0.5) is 0 Å². The summed E-state index contributed by atoms with van der Waals surface area (Å²) in [7, 11) is 1.63. The van der Waals surface area contributed by atoms with Crippen molar-refractivity contribution in [3.63, 3.8) is 0 Å². The lowest BCUT2D eigenvalue weighted by Crippen LogP contribution is -2.18. The fourth-order valence-corrected chi connectivity index (χ4v) is 2.12. The van der Waals surface area contributed by atoms with E-state index in [1.54, 1.807) is 7.11 Å². The minimum Gasteiger partial charge on any atom is -0.497 e. The van der Waals surface area contributed by atoms with Crippen molar-refractivity contribution in [1.82, 2.24) is 20.4 Å². The molecule has 114 valence electrons. The van der Waals surface area contributed by atoms with Crippen LogP contribution in [0.2, 0.25) is 0 Å². The SMILES string of the molecule is COc1cccc(-c2noc(C(C)NCc3cc[nH]c3)n2)c1. The first-order valence-corrected chi connectivity index (χ1v) is 7.09. The lowest BCUT2D eigenvalue weighted by atomic mass is 10.2. The van der Waals surface area contributed by atoms with Crippen LogP contribution in [0, 0.1) is 0 Å². The highest BCUT2D eigenvalue weighted by molar-refractivity contribution is 5.56. The van der Waals surface area contributed by atoms with Crippen molar-refractivity contribution >= 4 is 0 Å². The Balaban J connectivity index is 1.69. The molecular weight excluding hydrogens is 280 g/mol. The Kier molecular flexibility index (Phi) is 4.20. The van der Waals surface area contributed by atoms with Crippen molar-refractivity contribution in [3.05, 3.63) is 54.2 Å². The molecule has 0 aliphatic rings. The number of ether oxygens (including phenoxy) is 1. The molecule has 3 rings (SSSR count). The predicted octanol–water partition coefficient (Wildman–Crippen LogP) is 2.92. The average molecular weight is 298 g/mol. The maximum absolute atomic E-state index is 5.35. The molecule has 2 aromatic heterocycles. The smallest absolute Gasteiger partial charge is 0.243 e. The van der Waals surface area contributed by atoms with Crippen LogP contribution >= 0.6 is 0 Å². The molecule has 1 unspecified atom stereocenters. The third-order valence-electron chi connectivity index (χ3n) is 3.41. The van der Waals surface area contributed by atoms with E-state index in [0.717, 1.165) is 17.9 Å². The van der Waals surface area contributed by atoms with Gasteiger partial charge in [0.15, 0.2) is 0 Å². The molecule has 0 spiro atoms. The monoisotopic (exact) mass is 298 g/mol. The van der Waals surface area contributed by atoms with E-state index in [-0.39, 0.29) is 6.04 Å². The first-order chi connectivity index (χ1) is 10.8. The number of H-pyrrole nitrogens is 1. The number of rotatable bonds is 6. The summed E-state index contributed by atoms with van der Waals surface area (Å²) in [6.07, 6.45) is 3.85. The number of hydrogen-bond acceptors (Lipinski definition) is 5. The average Bonchev–Trinajstić information content (AvgIpc) is 3.24. The number of nitrogens with one attached hydrogen (secondary N) is 2. The van der Waals surface area contributed by atoms with Gasteiger partial charge >= 0.3 is 0 Å². The van der Waals surface area contributed by atoms with Gasteiger partial charge in [-0.3, -0.25) is 0 Å². The molecule has 1 aromatic carbocycles. The summed E-state index contributed by atoms with van der Waals surface area (Å²) in [6, 6.07) is 9.59. The van der Waals surface area contributed by atoms with Gasteiger partial charge in [0, 0.05) is 24.5 Å². The zero-order chi connectivity index (χ0) is 15.4. The molecule has 1 atom stereocenters. The summed E-state index contributed by atoms with van der Waals surface area (Å²) in [5, 5.41) is 7.39. The fourth-order valence-electron chi connectivity index (χ4n) is 2.12. The van der Waals surface area contributed by atoms with Gasteiger partial charge in [-0.1, -0.05) is 17.3 Å². The number of nitrogens with zero attached hydrogens (tertiary/aromatic N) is 2. The summed E-state index contributed by atoms with van der Waals surface area (Å²) in [5.41, 5.74) is 2.05. The summed E-state index contributed by atoms with van der Waals surface area (Å²) < 4.78 is 10.6. The van der Waals surface area contributed by atoms with E-state index in [0.29, 0.717) is 11.7 Å². The summed E-state index contributed by atoms with van der Waals surface area (Å²) in [6.45, 7) is 2.73. The highest BCUT2D eigenvalue weighted by Gasteiger charge is 2.15. The van der Waals surface area contributed by atoms with Crippen LogP contribution in [-0.2, 0) is 6.54 Å². The number of aromatic nitrogens is 3. The minimum absolute atomic E-state index is 0.0262. The second-order valence-corrected chi connectivity index (χ2v) is 5.01. The van der Waals surface area contributed by atoms with Gasteiger partial charge in [0.25, 0.3) is 0 Å². The van der Waals surface area contributed by atoms with E-state index in [2.05, 4.69) is 20.4 Å². The highest BCUT2D eigenvalue weighted by atomic mass is 16.5. The lowest BCUT2D eigenvalue weighted by Gasteiger charge is -2.07. The molecule has 0 saturated heterocycles. The molecule has 0 fully saturated rings. The van der Waals surface area contributed by atoms with E-state index >= 15 is 0 Å². The highest BCUT2D eigenvalue weighted by Crippen LogP contribution is 2.22. The third-order valence-corrected chi connectivity index (χ3v) is 3.41. The minimum atomic E-state index is -0.0262. The molecule has 0 saturated carbocycles. The molecule has 0 radical (unpaired) electrons. The molecule has 6 heteroatoms. The second kappa shape index (κ2) is 6.44. The van der Waals surface area contributed by atoms with Crippen LogP contribution in [-0.4, -0.2) is 22.2 Å². The maximum atomic E-state index is 5.35. The largest absolute Gasteiger partial charge is 0.497 e. The topological polar surface area (TPSA) is 76.0 Å². The third kappa shape index (κ3) is 3.17. The molecule has 0 bridgehead atoms. The Morgan fingerprint density at radius 1 is 1.36 bits per heavy atom. The molecule has 0 amide bonds. The Morgan fingerprint density at radius 3 is 3.05 bits per heavy atom. The molecule has 0 aliphatic heterocycles. The van der Waals surface area contributed by atoms with Gasteiger partial charge in [0.1, 0.15) is 5.75 Å². The van der Waals surface area contributed by atoms with Crippen LogP contribution in [0.1, 0.15) is 24.4 Å². The van der Waals surface area contributed by atoms with E-state index < -0.39 is 0 Å². The number of hydrogen-bond donors (Lipinski definition) is 2. The van der Waals surface area contributed by atoms with Crippen LogP contribution < -0.4 is 10.1 Å². The standard InChI is InChI=1S/C16H18N4O2/c1-11(18-10-12-6-7-17-9-12)16-19-15(20-22-16)13-4-3-5-14(8-13)21-2/h3-9,11,17-18H,10H2,1-2H3. The van der Waals surface area contributed by atoms with Crippen LogP contribution in [0.15, 0.2) is 47.2 Å². The van der Waals surface area contributed by atoms with E-state index in [1.807, 2.05) is 49.6 Å². The van der Waals surface area contributed by atoms with Gasteiger partial charge in [0.05, 0.1) is 13.2 Å². The predicted molar refractivity (Wildman–Crippen MR) is 82.3 cm³/mol. The zero-order valence-corrected chi connectivity index (χ0v) is 12.5. The fraction of sp³-hybridized carbons (Fsp3) is 0.250. The maximum Gasteiger partial charge on any atom is 0.243 e. The lowest BCUT2D eigenvalue weighted by molar-refractivity contribution is 0.339. The molecular formula is C16H18N4O2. The molecule has 2 heterocycles. The summed E-state index contributed by atoms with van der Waals surface area (Å²) >= 11 is 0. The van der Waals surface area contributed by atoms with Crippen LogP contribution in [0.3, 0.4) is 0 Å². The van der Waals surface area contributed by atoms with Crippen molar-refractivity contribution in [1.29, 1.82) is 0 Å². The van der Waals surface area contributed by atoms with Crippen molar-refractivity contribution in [3.8, 4) is 17.1 Å². The Labute approximate surface area is 128 Å². The molecule has 2 N–H and O–H groups in total. The second-order valence-electron chi connectivity index (χ2n) is 5.01. The van der Waals surface area contributed by atoms with E-state index in [9.17, 15) is 0 Å². The van der Waals surface area contributed by atoms with Gasteiger partial charge in [-0.25, -0.2) is 0 Å². The Morgan fingerprint density at radius 2 is 2.27 bits per heavy atom. The Bertz CT molecular complexity index is 721. The van der Waals surface area contributed by atoms with Gasteiger partial charge in [0.2, 0.25) is 11.7 Å². The van der Waals surface area contributed by atoms with Crippen molar-refractivity contribution < 1.29 is 9.26 Å². The summed E-state index contributed by atoms with van der Waals surface area (Å²) in [4.78, 5) is 7.48. The molecule has 3 aromatic rings. The van der Waals surface area contributed by atoms with Crippen molar-refractivity contribution in [2.75, 3.05) is 7.11 Å². The number of methoxy groups -OCH3 is 1. The van der Waals surface area contributed by atoms with E-state index in [1.165, 1.54) is 5.56 Å². The van der Waals surface area contributed by atoms with Crippen LogP contribution in [0.5, 0.6) is 5.75 Å². The molecule has 0 aliphatic carbocycles. The van der Waals surface area contributed by atoms with Gasteiger partial charge in [-0.05, 0) is 30.7 Å². The molecule has 22 heavy (non-hydrogen) atoms. The van der Waals surface area contributed by atoms with Gasteiger partial charge in [-0.15, -0.1) is 0 Å². The van der Waals surface area contributed by atoms with Crippen LogP contribution in [0.25, 0.3) is 11.4 Å². The zero-order valence-electron chi connectivity index (χ0n) is 12.5. The van der Waals surface area contributed by atoms with Crippen molar-refractivity contribution in [2.24, 2.45) is 0 Å². The van der Waals surface area contributed by atoms with Crippen molar-refractivity contribution in [2.45, 2.75) is 19.5 Å². The first kappa shape index (κ1) is 14.3. The number of benzene rings is 1. The number of aromatic amines is 1. The Hall–Kier alpha value is -2.60. The summed E-state index contributed by atoms with van der Waals surface area (Å²) in [5.74, 6) is 1.89. The van der Waals surface area contributed by atoms with Gasteiger partial charge < -0.3 is 19.6 Å². The van der Waals surface area contributed by atoms with E-state index in [4.69, 9.17) is 9.26 Å². The first-order valence-electron chi connectivity index (χ1n) is 7.09. The quantitative estimate of drug-likeness (QED) is 0.731. The normalized spacial score (nSPS) is 12.3. The van der Waals surface area contributed by atoms with Gasteiger partial charge in [-0.2, -0.15) is 4.98 Å². The molecule has 6 nitrogen and oxygen atoms in total.